The summed E-state index contributed by atoms with van der Waals surface area (Å²) in [5.41, 5.74) is 3.68. The SMILES string of the molecule is NC(=O)C(O)C(O)c1cc([N+](=O)[O-])ccc1F. The Morgan fingerprint density at radius 1 is 1.47 bits per heavy atom. The highest BCUT2D eigenvalue weighted by Crippen LogP contribution is 2.24. The van der Waals surface area contributed by atoms with Crippen LogP contribution < -0.4 is 5.73 Å². The number of non-ortho nitro benzene ring substituents is 1. The molecule has 17 heavy (non-hydrogen) atoms. The molecule has 1 aromatic carbocycles. The zero-order valence-corrected chi connectivity index (χ0v) is 8.41. The number of primary amides is 1. The van der Waals surface area contributed by atoms with Crippen molar-refractivity contribution in [2.75, 3.05) is 0 Å². The van der Waals surface area contributed by atoms with Gasteiger partial charge >= 0.3 is 0 Å². The molecule has 0 bridgehead atoms. The highest BCUT2D eigenvalue weighted by Gasteiger charge is 2.27. The van der Waals surface area contributed by atoms with E-state index in [1.807, 2.05) is 0 Å². The third kappa shape index (κ3) is 2.74. The van der Waals surface area contributed by atoms with E-state index in [-0.39, 0.29) is 0 Å². The minimum Gasteiger partial charge on any atom is -0.385 e. The molecule has 0 aromatic heterocycles. The van der Waals surface area contributed by atoms with Gasteiger partial charge in [0.25, 0.3) is 5.69 Å². The topological polar surface area (TPSA) is 127 Å². The predicted molar refractivity (Wildman–Crippen MR) is 53.2 cm³/mol. The second-order valence-corrected chi connectivity index (χ2v) is 3.25. The lowest BCUT2D eigenvalue weighted by Gasteiger charge is -2.15. The number of hydrogen-bond acceptors (Lipinski definition) is 5. The summed E-state index contributed by atoms with van der Waals surface area (Å²) < 4.78 is 13.3. The highest BCUT2D eigenvalue weighted by atomic mass is 19.1. The van der Waals surface area contributed by atoms with Crippen LogP contribution in [0.25, 0.3) is 0 Å². The predicted octanol–water partition coefficient (Wildman–Crippen LogP) is -0.387. The maximum absolute atomic E-state index is 13.3. The lowest BCUT2D eigenvalue weighted by atomic mass is 10.0. The van der Waals surface area contributed by atoms with Gasteiger partial charge in [0.2, 0.25) is 5.91 Å². The smallest absolute Gasteiger partial charge is 0.270 e. The van der Waals surface area contributed by atoms with Crippen molar-refractivity contribution >= 4 is 11.6 Å². The summed E-state index contributed by atoms with van der Waals surface area (Å²) >= 11 is 0. The van der Waals surface area contributed by atoms with Crippen molar-refractivity contribution in [2.45, 2.75) is 12.2 Å². The average Bonchev–Trinajstić information content (AvgIpc) is 2.27. The molecule has 0 aliphatic heterocycles. The third-order valence-electron chi connectivity index (χ3n) is 2.10. The standard InChI is InChI=1S/C9H9FN2O5/c10-6-2-1-4(12(16)17)3-5(6)7(13)8(14)9(11)15/h1-3,7-8,13-14H,(H2,11,15). The maximum Gasteiger partial charge on any atom is 0.270 e. The molecule has 0 spiro atoms. The second-order valence-electron chi connectivity index (χ2n) is 3.25. The van der Waals surface area contributed by atoms with Crippen LogP contribution in [-0.2, 0) is 4.79 Å². The van der Waals surface area contributed by atoms with Crippen molar-refractivity contribution < 1.29 is 24.3 Å². The first-order valence-corrected chi connectivity index (χ1v) is 4.44. The lowest BCUT2D eigenvalue weighted by Crippen LogP contribution is -2.34. The Labute approximate surface area is 94.4 Å². The summed E-state index contributed by atoms with van der Waals surface area (Å²) in [7, 11) is 0. The van der Waals surface area contributed by atoms with E-state index in [0.717, 1.165) is 18.2 Å². The highest BCUT2D eigenvalue weighted by molar-refractivity contribution is 5.79. The van der Waals surface area contributed by atoms with Crippen LogP contribution in [-0.4, -0.2) is 27.1 Å². The van der Waals surface area contributed by atoms with E-state index in [4.69, 9.17) is 10.8 Å². The van der Waals surface area contributed by atoms with Crippen molar-refractivity contribution in [3.8, 4) is 0 Å². The van der Waals surface area contributed by atoms with Crippen LogP contribution in [0.5, 0.6) is 0 Å². The summed E-state index contributed by atoms with van der Waals surface area (Å²) in [6.07, 6.45) is -3.99. The number of nitrogens with zero attached hydrogens (tertiary/aromatic N) is 1. The van der Waals surface area contributed by atoms with E-state index in [2.05, 4.69) is 0 Å². The number of nitrogens with two attached hydrogens (primary N) is 1. The Morgan fingerprint density at radius 3 is 2.53 bits per heavy atom. The van der Waals surface area contributed by atoms with E-state index < -0.39 is 40.1 Å². The lowest BCUT2D eigenvalue weighted by molar-refractivity contribution is -0.385. The van der Waals surface area contributed by atoms with Crippen LogP contribution in [0, 0.1) is 15.9 Å². The molecule has 0 fully saturated rings. The van der Waals surface area contributed by atoms with E-state index in [0.29, 0.717) is 0 Å². The molecular formula is C9H9FN2O5. The van der Waals surface area contributed by atoms with Gasteiger partial charge in [-0.2, -0.15) is 0 Å². The zero-order chi connectivity index (χ0) is 13.2. The number of carbonyl (C=O) groups is 1. The van der Waals surface area contributed by atoms with Gasteiger partial charge in [0, 0.05) is 17.7 Å². The number of aliphatic hydroxyl groups excluding tert-OH is 2. The maximum atomic E-state index is 13.3. The normalized spacial score (nSPS) is 14.1. The van der Waals surface area contributed by atoms with Crippen molar-refractivity contribution in [1.29, 1.82) is 0 Å². The van der Waals surface area contributed by atoms with E-state index in [9.17, 15) is 24.4 Å². The molecule has 0 aliphatic rings. The summed E-state index contributed by atoms with van der Waals surface area (Å²) in [6, 6.07) is 2.37. The number of aliphatic hydroxyl groups is 2. The second kappa shape index (κ2) is 4.85. The Balaban J connectivity index is 3.16. The molecule has 0 saturated carbocycles. The monoisotopic (exact) mass is 244 g/mol. The van der Waals surface area contributed by atoms with Crippen LogP contribution in [0.1, 0.15) is 11.7 Å². The molecule has 1 rings (SSSR count). The summed E-state index contributed by atoms with van der Waals surface area (Å²) in [4.78, 5) is 20.2. The van der Waals surface area contributed by atoms with Gasteiger partial charge < -0.3 is 15.9 Å². The average molecular weight is 244 g/mol. The largest absolute Gasteiger partial charge is 0.385 e. The Hall–Kier alpha value is -2.06. The molecule has 1 amide bonds. The molecule has 2 unspecified atom stereocenters. The number of benzene rings is 1. The minimum atomic E-state index is -2.04. The summed E-state index contributed by atoms with van der Waals surface area (Å²) in [5, 5.41) is 29.0. The molecule has 0 radical (unpaired) electrons. The Kier molecular flexibility index (Phi) is 3.71. The number of amides is 1. The fourth-order valence-corrected chi connectivity index (χ4v) is 1.20. The number of hydrogen-bond donors (Lipinski definition) is 3. The van der Waals surface area contributed by atoms with Gasteiger partial charge in [-0.3, -0.25) is 14.9 Å². The number of nitro benzene ring substituents is 1. The molecule has 2 atom stereocenters. The Bertz CT molecular complexity index is 465. The molecule has 0 aliphatic carbocycles. The number of rotatable bonds is 4. The molecule has 1 aromatic rings. The van der Waals surface area contributed by atoms with Gasteiger partial charge in [-0.25, -0.2) is 4.39 Å². The fourth-order valence-electron chi connectivity index (χ4n) is 1.20. The van der Waals surface area contributed by atoms with Crippen LogP contribution in [0.2, 0.25) is 0 Å². The van der Waals surface area contributed by atoms with E-state index in [1.165, 1.54) is 0 Å². The first-order valence-electron chi connectivity index (χ1n) is 4.44. The van der Waals surface area contributed by atoms with Gasteiger partial charge in [0.15, 0.2) is 6.10 Å². The van der Waals surface area contributed by atoms with Gasteiger partial charge in [0.05, 0.1) is 4.92 Å². The molecule has 0 heterocycles. The van der Waals surface area contributed by atoms with Crippen LogP contribution >= 0.6 is 0 Å². The molecule has 92 valence electrons. The van der Waals surface area contributed by atoms with Crippen LogP contribution in [0.3, 0.4) is 0 Å². The first kappa shape index (κ1) is 13.0. The molecular weight excluding hydrogens is 235 g/mol. The summed E-state index contributed by atoms with van der Waals surface area (Å²) in [5.74, 6) is -2.24. The van der Waals surface area contributed by atoms with E-state index in [1.54, 1.807) is 0 Å². The van der Waals surface area contributed by atoms with Crippen LogP contribution in [0.15, 0.2) is 18.2 Å². The van der Waals surface area contributed by atoms with Gasteiger partial charge in [-0.15, -0.1) is 0 Å². The number of halogens is 1. The van der Waals surface area contributed by atoms with E-state index >= 15 is 0 Å². The third-order valence-corrected chi connectivity index (χ3v) is 2.10. The zero-order valence-electron chi connectivity index (χ0n) is 8.41. The molecule has 7 nitrogen and oxygen atoms in total. The molecule has 0 saturated heterocycles. The number of nitro groups is 1. The number of carbonyl (C=O) groups excluding carboxylic acids is 1. The van der Waals surface area contributed by atoms with Crippen molar-refractivity contribution in [3.05, 3.63) is 39.7 Å². The van der Waals surface area contributed by atoms with Gasteiger partial charge in [-0.05, 0) is 6.07 Å². The van der Waals surface area contributed by atoms with Gasteiger partial charge in [-0.1, -0.05) is 0 Å². The van der Waals surface area contributed by atoms with Crippen molar-refractivity contribution in [3.63, 3.8) is 0 Å². The fraction of sp³-hybridized carbons (Fsp3) is 0.222. The minimum absolute atomic E-state index is 0.475. The molecule has 8 heteroatoms. The van der Waals surface area contributed by atoms with Crippen molar-refractivity contribution in [2.24, 2.45) is 5.73 Å². The van der Waals surface area contributed by atoms with Gasteiger partial charge in [0.1, 0.15) is 11.9 Å². The molecule has 4 N–H and O–H groups in total. The first-order chi connectivity index (χ1) is 7.84. The van der Waals surface area contributed by atoms with Crippen LogP contribution in [0.4, 0.5) is 10.1 Å². The quantitative estimate of drug-likeness (QED) is 0.491. The van der Waals surface area contributed by atoms with Crippen molar-refractivity contribution in [1.82, 2.24) is 0 Å². The Morgan fingerprint density at radius 2 is 2.06 bits per heavy atom. The summed E-state index contributed by atoms with van der Waals surface area (Å²) in [6.45, 7) is 0.